The Hall–Kier alpha value is -7.12. The number of aromatic hydroxyl groups is 1. The van der Waals surface area contributed by atoms with Gasteiger partial charge in [0.15, 0.2) is 9.84 Å². The summed E-state index contributed by atoms with van der Waals surface area (Å²) in [6.45, 7) is 47.7. The van der Waals surface area contributed by atoms with Crippen LogP contribution in [0.4, 0.5) is 0 Å². The molecular formula is C83H121N3O7S2. The number of ketones is 1. The molecule has 0 spiro atoms. The Labute approximate surface area is 578 Å². The number of aryl methyl sites for hydroxylation is 3. The molecule has 0 amide bonds. The average molecular weight is 1340 g/mol. The smallest absolute Gasteiger partial charge is 0.242 e. The summed E-state index contributed by atoms with van der Waals surface area (Å²) in [5.74, 6) is 5.66. The quantitative estimate of drug-likeness (QED) is 0.101. The van der Waals surface area contributed by atoms with Crippen molar-refractivity contribution in [3.05, 3.63) is 243 Å². The predicted octanol–water partition coefficient (Wildman–Crippen LogP) is 21.9. The van der Waals surface area contributed by atoms with Gasteiger partial charge in [0, 0.05) is 39.3 Å². The number of ether oxygens (including phenoxy) is 1. The van der Waals surface area contributed by atoms with Gasteiger partial charge < -0.3 is 9.84 Å². The van der Waals surface area contributed by atoms with E-state index in [0.717, 1.165) is 28.0 Å². The molecule has 1 heterocycles. The van der Waals surface area contributed by atoms with E-state index in [2.05, 4.69) is 215 Å². The number of aromatic nitrogens is 2. The molecule has 8 aromatic rings. The molecule has 1 aromatic heterocycles. The van der Waals surface area contributed by atoms with Crippen molar-refractivity contribution in [2.45, 2.75) is 234 Å². The Balaban J connectivity index is 0.000000547. The van der Waals surface area contributed by atoms with Gasteiger partial charge in [-0.3, -0.25) is 9.48 Å². The largest absolute Gasteiger partial charge is 0.508 e. The van der Waals surface area contributed by atoms with Crippen molar-refractivity contribution in [3.8, 4) is 11.5 Å². The van der Waals surface area contributed by atoms with E-state index in [-0.39, 0.29) is 22.9 Å². The SMILES string of the molecule is CC(=O)Cc1cc(C(C)C)ccc1O.CC(C)Oc1ccc(C(C)C)cc1.CC(C)c1ccc(S(=O)(=O)C(C)C)cc1.CC(C)c1ccc(S(=O)(=O)N(C)C)cc1.CC(C)c1ccccc1.CC(C)c1cnn(C)c1.Cc1ccc(C(C)C)cc1.Cc1ccc(C(C)C)cc1. The number of carbonyl (C=O) groups is 1. The highest BCUT2D eigenvalue weighted by molar-refractivity contribution is 7.92. The molecule has 0 bridgehead atoms. The van der Waals surface area contributed by atoms with Crippen LogP contribution < -0.4 is 4.74 Å². The van der Waals surface area contributed by atoms with Gasteiger partial charge in [-0.05, 0) is 183 Å². The third-order valence-electron chi connectivity index (χ3n) is 15.3. The lowest BCUT2D eigenvalue weighted by molar-refractivity contribution is -0.116. The fourth-order valence-corrected chi connectivity index (χ4v) is 10.6. The number of carbonyl (C=O) groups excluding carboxylic acids is 1. The number of benzene rings is 7. The summed E-state index contributed by atoms with van der Waals surface area (Å²) in [4.78, 5) is 11.7. The summed E-state index contributed by atoms with van der Waals surface area (Å²) in [5, 5.41) is 13.2. The highest BCUT2D eigenvalue weighted by atomic mass is 32.2. The molecule has 0 aliphatic heterocycles. The minimum Gasteiger partial charge on any atom is -0.508 e. The molecule has 0 radical (unpaired) electrons. The zero-order valence-electron chi connectivity index (χ0n) is 62.9. The number of sulfone groups is 1. The molecule has 0 aliphatic rings. The van der Waals surface area contributed by atoms with E-state index >= 15 is 0 Å². The van der Waals surface area contributed by atoms with Crippen molar-refractivity contribution in [1.29, 1.82) is 0 Å². The molecule has 0 fully saturated rings. The molecular weight excluding hydrogens is 1220 g/mol. The molecule has 0 aliphatic carbocycles. The molecule has 8 rings (SSSR count). The second-order valence-corrected chi connectivity index (χ2v) is 32.1. The number of Topliss-reactive ketones (excluding diaryl/α,β-unsaturated/α-hetero) is 1. The Morgan fingerprint density at radius 3 is 1.06 bits per heavy atom. The topological polar surface area (TPSA) is 136 Å². The standard InChI is InChI=1S/C12H18O2S.C12H16O2.C12H18O.C11H17NO2S.2C10H14.C9H12.C7H12N2/c1-9(2)11-5-7-12(8-6-11)15(13,14)10(3)4;1-8(2)10-4-5-12(14)11(7-10)6-9(3)13;1-9(2)11-5-7-12(8-6-11)13-10(3)4;1-9(2)10-5-7-11(8-6-10)15(13,14)12(3)4;2*1-8(2)10-6-4-9(3)5-7-10;1-8(2)9-6-4-3-5-7-9;1-6(2)7-4-8-9(3)5-7/h5-10H,1-4H3;4-5,7-8,14H,6H2,1-3H3;5-10H,1-4H3;5-9H,1-4H3;2*4-8H,1-3H3;3-8H,1-2H3;4-6H,1-3H3. The van der Waals surface area contributed by atoms with E-state index in [4.69, 9.17) is 4.74 Å². The number of phenolic OH excluding ortho intramolecular Hbond substituents is 1. The normalized spacial score (nSPS) is 11.1. The van der Waals surface area contributed by atoms with Gasteiger partial charge >= 0.3 is 0 Å². The van der Waals surface area contributed by atoms with Crippen LogP contribution in [0.5, 0.6) is 11.5 Å². The summed E-state index contributed by atoms with van der Waals surface area (Å²) in [7, 11) is -1.40. The van der Waals surface area contributed by atoms with Crippen LogP contribution in [0, 0.1) is 13.8 Å². The highest BCUT2D eigenvalue weighted by Gasteiger charge is 2.19. The van der Waals surface area contributed by atoms with Crippen LogP contribution in [0.1, 0.15) is 254 Å². The third kappa shape index (κ3) is 33.4. The first-order valence-electron chi connectivity index (χ1n) is 33.8. The number of hydrogen-bond donors (Lipinski definition) is 1. The van der Waals surface area contributed by atoms with E-state index in [0.29, 0.717) is 63.6 Å². The average Bonchev–Trinajstić information content (AvgIpc) is 1.25. The maximum atomic E-state index is 11.8. The molecule has 12 heteroatoms. The van der Waals surface area contributed by atoms with E-state index < -0.39 is 19.9 Å². The first kappa shape index (κ1) is 85.9. The first-order chi connectivity index (χ1) is 44.2. The minimum absolute atomic E-state index is 0.0706. The second kappa shape index (κ2) is 43.1. The van der Waals surface area contributed by atoms with Crippen LogP contribution in [0.15, 0.2) is 192 Å². The Morgan fingerprint density at radius 2 is 0.779 bits per heavy atom. The summed E-state index contributed by atoms with van der Waals surface area (Å²) in [6.07, 6.45) is 4.52. The molecule has 0 saturated heterocycles. The van der Waals surface area contributed by atoms with Crippen molar-refractivity contribution in [2.24, 2.45) is 7.05 Å². The van der Waals surface area contributed by atoms with Crippen LogP contribution in [0.2, 0.25) is 0 Å². The predicted molar refractivity (Wildman–Crippen MR) is 405 cm³/mol. The van der Waals surface area contributed by atoms with Crippen LogP contribution >= 0.6 is 0 Å². The van der Waals surface area contributed by atoms with Crippen LogP contribution in [-0.4, -0.2) is 67.3 Å². The fourth-order valence-electron chi connectivity index (χ4n) is 8.61. The fraction of sp³-hybridized carbons (Fsp3) is 0.446. The number of sulfonamides is 1. The number of hydrogen-bond acceptors (Lipinski definition) is 8. The minimum atomic E-state index is -3.29. The lowest BCUT2D eigenvalue weighted by atomic mass is 9.98. The van der Waals surface area contributed by atoms with E-state index in [9.17, 15) is 26.7 Å². The van der Waals surface area contributed by atoms with Crippen LogP contribution in [0.3, 0.4) is 0 Å². The van der Waals surface area contributed by atoms with E-state index in [1.165, 1.54) is 64.3 Å². The van der Waals surface area contributed by atoms with Crippen molar-refractivity contribution in [3.63, 3.8) is 0 Å². The van der Waals surface area contributed by atoms with Gasteiger partial charge in [-0.25, -0.2) is 21.1 Å². The summed E-state index contributed by atoms with van der Waals surface area (Å²) in [6, 6.07) is 55.9. The number of rotatable bonds is 16. The van der Waals surface area contributed by atoms with Crippen molar-refractivity contribution in [2.75, 3.05) is 14.1 Å². The van der Waals surface area contributed by atoms with Crippen LogP contribution in [0.25, 0.3) is 0 Å². The van der Waals surface area contributed by atoms with E-state index in [1.54, 1.807) is 44.2 Å². The molecule has 0 saturated carbocycles. The van der Waals surface area contributed by atoms with Gasteiger partial charge in [-0.15, -0.1) is 0 Å². The Kier molecular flexibility index (Phi) is 39.0. The van der Waals surface area contributed by atoms with Crippen molar-refractivity contribution >= 4 is 25.6 Å². The maximum absolute atomic E-state index is 11.8. The lowest BCUT2D eigenvalue weighted by Crippen LogP contribution is -2.22. The van der Waals surface area contributed by atoms with Gasteiger partial charge in [0.2, 0.25) is 10.0 Å². The zero-order valence-corrected chi connectivity index (χ0v) is 64.5. The molecule has 95 heavy (non-hydrogen) atoms. The van der Waals surface area contributed by atoms with Gasteiger partial charge in [0.1, 0.15) is 17.3 Å². The number of nitrogens with zero attached hydrogens (tertiary/aromatic N) is 3. The molecule has 522 valence electrons. The molecule has 0 atom stereocenters. The molecule has 10 nitrogen and oxygen atoms in total. The molecule has 1 N–H and O–H groups in total. The van der Waals surface area contributed by atoms with Crippen molar-refractivity contribution < 1.29 is 31.5 Å². The molecule has 7 aromatic carbocycles. The summed E-state index contributed by atoms with van der Waals surface area (Å²) in [5.41, 5.74) is 13.8. The van der Waals surface area contributed by atoms with Crippen molar-refractivity contribution in [1.82, 2.24) is 14.1 Å². The highest BCUT2D eigenvalue weighted by Crippen LogP contribution is 2.26. The lowest BCUT2D eigenvalue weighted by Gasteiger charge is -2.12. The Morgan fingerprint density at radius 1 is 0.453 bits per heavy atom. The zero-order chi connectivity index (χ0) is 72.5. The van der Waals surface area contributed by atoms with Gasteiger partial charge in [-0.2, -0.15) is 5.10 Å². The van der Waals surface area contributed by atoms with Crippen LogP contribution in [-0.2, 0) is 38.1 Å². The number of phenols is 1. The summed E-state index contributed by atoms with van der Waals surface area (Å²) >= 11 is 0. The summed E-state index contributed by atoms with van der Waals surface area (Å²) < 4.78 is 55.7. The Bertz CT molecular complexity index is 3470. The maximum Gasteiger partial charge on any atom is 0.242 e. The third-order valence-corrected chi connectivity index (χ3v) is 19.3. The molecule has 0 unspecified atom stereocenters. The van der Waals surface area contributed by atoms with Gasteiger partial charge in [0.25, 0.3) is 0 Å². The first-order valence-corrected chi connectivity index (χ1v) is 36.8. The second-order valence-electron chi connectivity index (χ2n) is 27.4. The van der Waals surface area contributed by atoms with Gasteiger partial charge in [-0.1, -0.05) is 249 Å². The van der Waals surface area contributed by atoms with Gasteiger partial charge in [0.05, 0.1) is 27.3 Å². The monoisotopic (exact) mass is 1340 g/mol. The van der Waals surface area contributed by atoms with E-state index in [1.807, 2.05) is 92.6 Å².